The van der Waals surface area contributed by atoms with E-state index >= 15 is 0 Å². The molecule has 2 aromatic carbocycles. The maximum atomic E-state index is 13.0. The Morgan fingerprint density at radius 2 is 1.85 bits per heavy atom. The lowest BCUT2D eigenvalue weighted by Gasteiger charge is -2.05. The van der Waals surface area contributed by atoms with Gasteiger partial charge in [-0.15, -0.1) is 5.10 Å². The molecule has 1 aliphatic carbocycles. The van der Waals surface area contributed by atoms with Crippen molar-refractivity contribution >= 4 is 10.8 Å². The highest BCUT2D eigenvalue weighted by Gasteiger charge is 2.30. The average molecular weight is 342 g/mol. The third-order valence-electron chi connectivity index (χ3n) is 4.90. The van der Waals surface area contributed by atoms with Crippen LogP contribution in [-0.4, -0.2) is 19.3 Å². The van der Waals surface area contributed by atoms with Gasteiger partial charge in [-0.2, -0.15) is 0 Å². The number of hydrogen-bond acceptors (Lipinski definition) is 3. The van der Waals surface area contributed by atoms with Gasteiger partial charge in [0.25, 0.3) is 0 Å². The van der Waals surface area contributed by atoms with Gasteiger partial charge >= 0.3 is 5.69 Å². The lowest BCUT2D eigenvalue weighted by molar-refractivity contribution is 0.628. The van der Waals surface area contributed by atoms with Crippen LogP contribution >= 0.6 is 0 Å². The fraction of sp³-hybridized carbons (Fsp3) is 0.190. The van der Waals surface area contributed by atoms with E-state index in [1.54, 1.807) is 17.1 Å². The number of pyridine rings is 1. The molecule has 0 radical (unpaired) electrons. The summed E-state index contributed by atoms with van der Waals surface area (Å²) in [5.74, 6) is 0.714. The van der Waals surface area contributed by atoms with Crippen molar-refractivity contribution in [3.05, 3.63) is 83.0 Å². The molecule has 5 nitrogen and oxygen atoms in total. The van der Waals surface area contributed by atoms with Crippen molar-refractivity contribution in [3.63, 3.8) is 0 Å². The van der Waals surface area contributed by atoms with Crippen LogP contribution < -0.4 is 5.69 Å². The maximum absolute atomic E-state index is 13.0. The van der Waals surface area contributed by atoms with Gasteiger partial charge in [0, 0.05) is 24.0 Å². The first-order chi connectivity index (χ1) is 12.8. The molecule has 4 aromatic rings. The number of benzene rings is 2. The van der Waals surface area contributed by atoms with E-state index in [1.807, 2.05) is 34.9 Å². The van der Waals surface area contributed by atoms with Crippen molar-refractivity contribution < 1.29 is 0 Å². The van der Waals surface area contributed by atoms with Gasteiger partial charge in [-0.05, 0) is 41.3 Å². The molecular weight excluding hydrogens is 324 g/mol. The molecule has 0 atom stereocenters. The van der Waals surface area contributed by atoms with Gasteiger partial charge in [-0.3, -0.25) is 9.55 Å². The molecular formula is C21H18N4O. The van der Waals surface area contributed by atoms with E-state index in [4.69, 9.17) is 0 Å². The van der Waals surface area contributed by atoms with Crippen LogP contribution in [0.25, 0.3) is 22.2 Å². The van der Waals surface area contributed by atoms with Crippen molar-refractivity contribution in [3.8, 4) is 11.4 Å². The van der Waals surface area contributed by atoms with Crippen molar-refractivity contribution in [2.45, 2.75) is 25.4 Å². The predicted molar refractivity (Wildman–Crippen MR) is 101 cm³/mol. The standard InChI is InChI=1S/C21H18N4O/c26-21-24(14-17-7-3-6-15-5-1-2-9-19(15)17)23-20(25(21)18-10-11-18)16-8-4-12-22-13-16/h1-9,12-13,18H,10-11,14H2. The van der Waals surface area contributed by atoms with Crippen LogP contribution in [0.1, 0.15) is 24.4 Å². The number of rotatable bonds is 4. The van der Waals surface area contributed by atoms with E-state index in [0.29, 0.717) is 12.4 Å². The second-order valence-corrected chi connectivity index (χ2v) is 6.74. The molecule has 0 unspecified atom stereocenters. The second kappa shape index (κ2) is 5.95. The van der Waals surface area contributed by atoms with Crippen LogP contribution in [-0.2, 0) is 6.54 Å². The summed E-state index contributed by atoms with van der Waals surface area (Å²) in [5, 5.41) is 7.00. The number of aromatic nitrogens is 4. The minimum absolute atomic E-state index is 0.0423. The van der Waals surface area contributed by atoms with Crippen LogP contribution in [0, 0.1) is 0 Å². The van der Waals surface area contributed by atoms with E-state index in [1.165, 1.54) is 5.39 Å². The maximum Gasteiger partial charge on any atom is 0.346 e. The summed E-state index contributed by atoms with van der Waals surface area (Å²) < 4.78 is 3.42. The summed E-state index contributed by atoms with van der Waals surface area (Å²) in [4.78, 5) is 17.2. The molecule has 0 saturated heterocycles. The van der Waals surface area contributed by atoms with Gasteiger partial charge in [0.15, 0.2) is 5.82 Å². The summed E-state index contributed by atoms with van der Waals surface area (Å²) in [6, 6.07) is 18.5. The zero-order valence-corrected chi connectivity index (χ0v) is 14.2. The summed E-state index contributed by atoms with van der Waals surface area (Å²) in [7, 11) is 0. The van der Waals surface area contributed by atoms with Gasteiger partial charge in [0.05, 0.1) is 6.54 Å². The quantitative estimate of drug-likeness (QED) is 0.569. The molecule has 1 saturated carbocycles. The third-order valence-corrected chi connectivity index (χ3v) is 4.90. The SMILES string of the molecule is O=c1n(Cc2cccc3ccccc23)nc(-c2cccnc2)n1C1CC1. The zero-order valence-electron chi connectivity index (χ0n) is 14.2. The number of hydrogen-bond donors (Lipinski definition) is 0. The Morgan fingerprint density at radius 3 is 2.65 bits per heavy atom. The molecule has 0 bridgehead atoms. The van der Waals surface area contributed by atoms with Gasteiger partial charge in [0.2, 0.25) is 0 Å². The van der Waals surface area contributed by atoms with Crippen LogP contribution in [0.5, 0.6) is 0 Å². The fourth-order valence-electron chi connectivity index (χ4n) is 3.47. The normalized spacial score (nSPS) is 14.0. The van der Waals surface area contributed by atoms with Crippen molar-refractivity contribution in [1.29, 1.82) is 0 Å². The van der Waals surface area contributed by atoms with E-state index in [2.05, 4.69) is 34.3 Å². The molecule has 0 amide bonds. The summed E-state index contributed by atoms with van der Waals surface area (Å²) in [6.45, 7) is 0.465. The van der Waals surface area contributed by atoms with Crippen LogP contribution in [0.15, 0.2) is 71.8 Å². The zero-order chi connectivity index (χ0) is 17.5. The molecule has 0 N–H and O–H groups in total. The van der Waals surface area contributed by atoms with E-state index in [9.17, 15) is 4.79 Å². The van der Waals surface area contributed by atoms with E-state index in [0.717, 1.165) is 29.4 Å². The largest absolute Gasteiger partial charge is 0.346 e. The molecule has 0 spiro atoms. The first kappa shape index (κ1) is 15.1. The van der Waals surface area contributed by atoms with Crippen LogP contribution in [0.2, 0.25) is 0 Å². The van der Waals surface area contributed by atoms with Crippen molar-refractivity contribution in [2.24, 2.45) is 0 Å². The monoisotopic (exact) mass is 342 g/mol. The molecule has 1 fully saturated rings. The molecule has 1 aliphatic rings. The fourth-order valence-corrected chi connectivity index (χ4v) is 3.47. The first-order valence-corrected chi connectivity index (χ1v) is 8.87. The van der Waals surface area contributed by atoms with Crippen molar-refractivity contribution in [2.75, 3.05) is 0 Å². The lowest BCUT2D eigenvalue weighted by Crippen LogP contribution is -2.25. The Morgan fingerprint density at radius 1 is 1.00 bits per heavy atom. The first-order valence-electron chi connectivity index (χ1n) is 8.87. The summed E-state index contributed by atoms with van der Waals surface area (Å²) in [5.41, 5.74) is 1.94. The average Bonchev–Trinajstić information content (AvgIpc) is 3.47. The van der Waals surface area contributed by atoms with E-state index < -0.39 is 0 Å². The molecule has 128 valence electrons. The van der Waals surface area contributed by atoms with Gasteiger partial charge in [-0.25, -0.2) is 9.48 Å². The molecule has 0 aliphatic heterocycles. The Kier molecular flexibility index (Phi) is 3.45. The molecule has 2 aromatic heterocycles. The summed E-state index contributed by atoms with van der Waals surface area (Å²) in [6.07, 6.45) is 5.57. The highest BCUT2D eigenvalue weighted by atomic mass is 16.2. The minimum Gasteiger partial charge on any atom is -0.272 e. The Balaban J connectivity index is 1.63. The molecule has 5 heteroatoms. The molecule has 5 rings (SSSR count). The van der Waals surface area contributed by atoms with Gasteiger partial charge in [0.1, 0.15) is 0 Å². The highest BCUT2D eigenvalue weighted by molar-refractivity contribution is 5.85. The Bertz CT molecular complexity index is 1130. The Hall–Kier alpha value is -3.21. The highest BCUT2D eigenvalue weighted by Crippen LogP contribution is 2.36. The van der Waals surface area contributed by atoms with E-state index in [-0.39, 0.29) is 11.7 Å². The second-order valence-electron chi connectivity index (χ2n) is 6.74. The predicted octanol–water partition coefficient (Wildman–Crippen LogP) is 3.64. The molecule has 2 heterocycles. The number of nitrogens with zero attached hydrogens (tertiary/aromatic N) is 4. The Labute approximate surface area is 150 Å². The lowest BCUT2D eigenvalue weighted by atomic mass is 10.0. The topological polar surface area (TPSA) is 52.7 Å². The number of fused-ring (bicyclic) bond motifs is 1. The van der Waals surface area contributed by atoms with Crippen LogP contribution in [0.3, 0.4) is 0 Å². The minimum atomic E-state index is -0.0423. The van der Waals surface area contributed by atoms with Crippen LogP contribution in [0.4, 0.5) is 0 Å². The van der Waals surface area contributed by atoms with Crippen molar-refractivity contribution in [1.82, 2.24) is 19.3 Å². The summed E-state index contributed by atoms with van der Waals surface area (Å²) >= 11 is 0. The third kappa shape index (κ3) is 2.52. The molecule has 26 heavy (non-hydrogen) atoms. The smallest absolute Gasteiger partial charge is 0.272 e. The van der Waals surface area contributed by atoms with Gasteiger partial charge < -0.3 is 0 Å². The van der Waals surface area contributed by atoms with Gasteiger partial charge in [-0.1, -0.05) is 42.5 Å².